The number of carbonyl (C=O) groups excluding carboxylic acids is 1. The summed E-state index contributed by atoms with van der Waals surface area (Å²) >= 11 is 0. The van der Waals surface area contributed by atoms with Crippen molar-refractivity contribution in [2.24, 2.45) is 5.92 Å². The van der Waals surface area contributed by atoms with Crippen molar-refractivity contribution in [1.82, 2.24) is 10.6 Å². The van der Waals surface area contributed by atoms with Crippen LogP contribution in [0.5, 0.6) is 0 Å². The lowest BCUT2D eigenvalue weighted by atomic mass is 10.0. The summed E-state index contributed by atoms with van der Waals surface area (Å²) in [5, 5.41) is 13.9. The number of aliphatic carboxylic acids is 1. The Kier molecular flexibility index (Phi) is 6.45. The van der Waals surface area contributed by atoms with E-state index in [0.717, 1.165) is 26.1 Å². The van der Waals surface area contributed by atoms with Crippen LogP contribution < -0.4 is 10.6 Å². The number of methoxy groups -OCH3 is 1. The van der Waals surface area contributed by atoms with Crippen molar-refractivity contribution in [3.63, 3.8) is 0 Å². The van der Waals surface area contributed by atoms with Crippen molar-refractivity contribution in [3.8, 4) is 0 Å². The van der Waals surface area contributed by atoms with Gasteiger partial charge in [-0.05, 0) is 18.8 Å². The fourth-order valence-electron chi connectivity index (χ4n) is 1.74. The molecule has 1 aliphatic rings. The molecule has 0 radical (unpaired) electrons. The SMILES string of the molecule is COCC(NC(=O)NCC1CCOCC1)C(=O)O. The van der Waals surface area contributed by atoms with Crippen LogP contribution in [-0.2, 0) is 14.3 Å². The average molecular weight is 260 g/mol. The van der Waals surface area contributed by atoms with Gasteiger partial charge in [0, 0.05) is 26.9 Å². The minimum Gasteiger partial charge on any atom is -0.480 e. The minimum atomic E-state index is -1.11. The van der Waals surface area contributed by atoms with Gasteiger partial charge >= 0.3 is 12.0 Å². The molecule has 1 heterocycles. The second-order valence-corrected chi connectivity index (χ2v) is 4.26. The first-order valence-electron chi connectivity index (χ1n) is 5.97. The Balaban J connectivity index is 2.24. The summed E-state index contributed by atoms with van der Waals surface area (Å²) in [4.78, 5) is 22.3. The van der Waals surface area contributed by atoms with E-state index in [-0.39, 0.29) is 6.61 Å². The first-order valence-corrected chi connectivity index (χ1v) is 5.97. The predicted molar refractivity (Wildman–Crippen MR) is 63.4 cm³/mol. The maximum atomic E-state index is 11.5. The van der Waals surface area contributed by atoms with Gasteiger partial charge in [0.15, 0.2) is 6.04 Å². The summed E-state index contributed by atoms with van der Waals surface area (Å²) in [6.45, 7) is 1.92. The summed E-state index contributed by atoms with van der Waals surface area (Å²) in [7, 11) is 1.39. The van der Waals surface area contributed by atoms with Gasteiger partial charge in [-0.15, -0.1) is 0 Å². The number of nitrogens with one attached hydrogen (secondary N) is 2. The largest absolute Gasteiger partial charge is 0.480 e. The van der Waals surface area contributed by atoms with E-state index in [1.165, 1.54) is 7.11 Å². The van der Waals surface area contributed by atoms with Gasteiger partial charge in [0.2, 0.25) is 0 Å². The fourth-order valence-corrected chi connectivity index (χ4v) is 1.74. The van der Waals surface area contributed by atoms with Crippen LogP contribution in [0.25, 0.3) is 0 Å². The van der Waals surface area contributed by atoms with Crippen molar-refractivity contribution in [2.45, 2.75) is 18.9 Å². The Bertz CT molecular complexity index is 279. The Morgan fingerprint density at radius 1 is 1.44 bits per heavy atom. The van der Waals surface area contributed by atoms with E-state index in [1.807, 2.05) is 0 Å². The van der Waals surface area contributed by atoms with Crippen molar-refractivity contribution in [1.29, 1.82) is 0 Å². The molecule has 1 unspecified atom stereocenters. The maximum Gasteiger partial charge on any atom is 0.328 e. The Morgan fingerprint density at radius 2 is 2.11 bits per heavy atom. The summed E-state index contributed by atoms with van der Waals surface area (Å²) < 4.78 is 9.93. The molecule has 7 heteroatoms. The molecule has 0 aromatic carbocycles. The molecule has 1 atom stereocenters. The highest BCUT2D eigenvalue weighted by Gasteiger charge is 2.20. The molecule has 7 nitrogen and oxygen atoms in total. The van der Waals surface area contributed by atoms with Crippen LogP contribution in [0.2, 0.25) is 0 Å². The first-order chi connectivity index (χ1) is 8.63. The number of carbonyl (C=O) groups is 2. The number of amides is 2. The molecule has 0 aromatic rings. The maximum absolute atomic E-state index is 11.5. The van der Waals surface area contributed by atoms with Crippen LogP contribution in [0, 0.1) is 5.92 Å². The van der Waals surface area contributed by atoms with Gasteiger partial charge in [-0.1, -0.05) is 0 Å². The second-order valence-electron chi connectivity index (χ2n) is 4.26. The van der Waals surface area contributed by atoms with Gasteiger partial charge in [-0.2, -0.15) is 0 Å². The molecule has 1 aliphatic heterocycles. The van der Waals surface area contributed by atoms with Crippen LogP contribution in [0.1, 0.15) is 12.8 Å². The van der Waals surface area contributed by atoms with Crippen molar-refractivity contribution in [3.05, 3.63) is 0 Å². The topological polar surface area (TPSA) is 96.9 Å². The van der Waals surface area contributed by atoms with Crippen molar-refractivity contribution < 1.29 is 24.2 Å². The molecule has 0 aliphatic carbocycles. The molecule has 0 saturated carbocycles. The molecular formula is C11H20N2O5. The molecule has 2 amide bonds. The number of carboxylic acid groups (broad SMARTS) is 1. The molecule has 1 saturated heterocycles. The van der Waals surface area contributed by atoms with E-state index in [1.54, 1.807) is 0 Å². The number of hydrogen-bond acceptors (Lipinski definition) is 4. The molecular weight excluding hydrogens is 240 g/mol. The Hall–Kier alpha value is -1.34. The van der Waals surface area contributed by atoms with Crippen LogP contribution in [-0.4, -0.2) is 56.6 Å². The first kappa shape index (κ1) is 14.7. The van der Waals surface area contributed by atoms with E-state index < -0.39 is 18.0 Å². The van der Waals surface area contributed by atoms with Crippen LogP contribution in [0.15, 0.2) is 0 Å². The fraction of sp³-hybridized carbons (Fsp3) is 0.818. The molecule has 1 rings (SSSR count). The molecule has 0 bridgehead atoms. The lowest BCUT2D eigenvalue weighted by molar-refractivity contribution is -0.140. The molecule has 3 N–H and O–H groups in total. The standard InChI is InChI=1S/C11H20N2O5/c1-17-7-9(10(14)15)13-11(16)12-6-8-2-4-18-5-3-8/h8-9H,2-7H2,1H3,(H,14,15)(H2,12,13,16). The van der Waals surface area contributed by atoms with E-state index in [2.05, 4.69) is 10.6 Å². The summed E-state index contributed by atoms with van der Waals surface area (Å²) in [5.41, 5.74) is 0. The zero-order valence-corrected chi connectivity index (χ0v) is 10.5. The number of rotatable bonds is 6. The summed E-state index contributed by atoms with van der Waals surface area (Å²) in [5.74, 6) is -0.715. The minimum absolute atomic E-state index is 0.0555. The van der Waals surface area contributed by atoms with Crippen LogP contribution in [0.3, 0.4) is 0 Å². The van der Waals surface area contributed by atoms with Gasteiger partial charge in [0.25, 0.3) is 0 Å². The Morgan fingerprint density at radius 3 is 2.67 bits per heavy atom. The van der Waals surface area contributed by atoms with Crippen molar-refractivity contribution in [2.75, 3.05) is 33.5 Å². The molecule has 0 spiro atoms. The third kappa shape index (κ3) is 5.33. The highest BCUT2D eigenvalue weighted by molar-refractivity contribution is 5.82. The van der Waals surface area contributed by atoms with Gasteiger partial charge in [0.1, 0.15) is 0 Å². The van der Waals surface area contributed by atoms with Gasteiger partial charge < -0.3 is 25.2 Å². The predicted octanol–water partition coefficient (Wildman–Crippen LogP) is -0.188. The zero-order chi connectivity index (χ0) is 13.4. The van der Waals surface area contributed by atoms with Gasteiger partial charge in [0.05, 0.1) is 6.61 Å². The molecule has 18 heavy (non-hydrogen) atoms. The molecule has 104 valence electrons. The molecule has 0 aromatic heterocycles. The lowest BCUT2D eigenvalue weighted by Crippen LogP contribution is -2.49. The third-order valence-electron chi connectivity index (χ3n) is 2.83. The highest BCUT2D eigenvalue weighted by atomic mass is 16.5. The van der Waals surface area contributed by atoms with Gasteiger partial charge in [-0.3, -0.25) is 0 Å². The van der Waals surface area contributed by atoms with E-state index in [0.29, 0.717) is 12.5 Å². The highest BCUT2D eigenvalue weighted by Crippen LogP contribution is 2.12. The number of urea groups is 1. The summed E-state index contributed by atoms with van der Waals surface area (Å²) in [6, 6.07) is -1.50. The van der Waals surface area contributed by atoms with E-state index >= 15 is 0 Å². The zero-order valence-electron chi connectivity index (χ0n) is 10.5. The monoisotopic (exact) mass is 260 g/mol. The number of carboxylic acids is 1. The van der Waals surface area contributed by atoms with E-state index in [4.69, 9.17) is 14.6 Å². The average Bonchev–Trinajstić information content (AvgIpc) is 2.37. The smallest absolute Gasteiger partial charge is 0.328 e. The number of ether oxygens (including phenoxy) is 2. The second kappa shape index (κ2) is 7.88. The van der Waals surface area contributed by atoms with Crippen LogP contribution in [0.4, 0.5) is 4.79 Å². The third-order valence-corrected chi connectivity index (χ3v) is 2.83. The summed E-state index contributed by atoms with van der Waals surface area (Å²) in [6.07, 6.45) is 1.83. The van der Waals surface area contributed by atoms with Gasteiger partial charge in [-0.25, -0.2) is 9.59 Å². The van der Waals surface area contributed by atoms with Crippen LogP contribution >= 0.6 is 0 Å². The van der Waals surface area contributed by atoms with E-state index in [9.17, 15) is 9.59 Å². The lowest BCUT2D eigenvalue weighted by Gasteiger charge is -2.22. The van der Waals surface area contributed by atoms with Crippen molar-refractivity contribution >= 4 is 12.0 Å². The Labute approximate surface area is 106 Å². The quantitative estimate of drug-likeness (QED) is 0.615. The molecule has 1 fully saturated rings. The normalized spacial score (nSPS) is 18.1. The number of hydrogen-bond donors (Lipinski definition) is 3.